The van der Waals surface area contributed by atoms with E-state index in [2.05, 4.69) is 17.0 Å². The molecule has 0 unspecified atom stereocenters. The first kappa shape index (κ1) is 18.5. The third-order valence-corrected chi connectivity index (χ3v) is 5.01. The van der Waals surface area contributed by atoms with Gasteiger partial charge in [-0.05, 0) is 50.7 Å². The van der Waals surface area contributed by atoms with E-state index in [4.69, 9.17) is 4.74 Å². The van der Waals surface area contributed by atoms with E-state index in [9.17, 15) is 4.79 Å². The molecule has 26 heavy (non-hydrogen) atoms. The summed E-state index contributed by atoms with van der Waals surface area (Å²) in [6.07, 6.45) is 5.90. The van der Waals surface area contributed by atoms with Crippen LogP contribution in [0.2, 0.25) is 0 Å². The maximum atomic E-state index is 12.1. The molecule has 140 valence electrons. The molecule has 1 aliphatic rings. The van der Waals surface area contributed by atoms with E-state index >= 15 is 0 Å². The minimum absolute atomic E-state index is 0.132. The van der Waals surface area contributed by atoms with Crippen LogP contribution in [-0.4, -0.2) is 64.8 Å². The van der Waals surface area contributed by atoms with Crippen molar-refractivity contribution >= 4 is 5.91 Å². The minimum atomic E-state index is 0.132. The molecule has 1 amide bonds. The topological polar surface area (TPSA) is 50.6 Å². The van der Waals surface area contributed by atoms with Crippen molar-refractivity contribution in [3.63, 3.8) is 0 Å². The number of piperidine rings is 1. The van der Waals surface area contributed by atoms with Crippen LogP contribution in [0.4, 0.5) is 0 Å². The molecule has 1 aromatic carbocycles. The Bertz CT molecular complexity index is 735. The Hall–Kier alpha value is -2.34. The van der Waals surface area contributed by atoms with E-state index in [0.29, 0.717) is 19.2 Å². The van der Waals surface area contributed by atoms with Crippen molar-refractivity contribution in [3.8, 4) is 16.9 Å². The first-order valence-corrected chi connectivity index (χ1v) is 9.20. The second kappa shape index (κ2) is 8.36. The third-order valence-electron chi connectivity index (χ3n) is 5.01. The number of aromatic nitrogens is 2. The van der Waals surface area contributed by atoms with Crippen molar-refractivity contribution < 1.29 is 9.53 Å². The summed E-state index contributed by atoms with van der Waals surface area (Å²) in [6, 6.07) is 8.33. The molecule has 1 aliphatic heterocycles. The van der Waals surface area contributed by atoms with E-state index < -0.39 is 0 Å². The van der Waals surface area contributed by atoms with Crippen LogP contribution in [0.3, 0.4) is 0 Å². The molecule has 1 fully saturated rings. The second-order valence-electron chi connectivity index (χ2n) is 7.03. The fourth-order valence-electron chi connectivity index (χ4n) is 3.50. The number of likely N-dealkylation sites (tertiary alicyclic amines) is 1. The van der Waals surface area contributed by atoms with Gasteiger partial charge >= 0.3 is 0 Å². The third kappa shape index (κ3) is 4.64. The molecule has 0 N–H and O–H groups in total. The molecule has 0 radical (unpaired) electrons. The number of hydrogen-bond donors (Lipinski definition) is 0. The average Bonchev–Trinajstić information content (AvgIpc) is 3.06. The van der Waals surface area contributed by atoms with Gasteiger partial charge in [0.1, 0.15) is 12.4 Å². The molecular formula is C20H28N4O2. The average molecular weight is 356 g/mol. The Morgan fingerprint density at radius 3 is 2.69 bits per heavy atom. The zero-order chi connectivity index (χ0) is 18.5. The van der Waals surface area contributed by atoms with Crippen LogP contribution in [0.5, 0.6) is 5.75 Å². The Kier molecular flexibility index (Phi) is 5.93. The van der Waals surface area contributed by atoms with Crippen molar-refractivity contribution in [2.75, 3.05) is 33.3 Å². The number of carbonyl (C=O) groups is 1. The summed E-state index contributed by atoms with van der Waals surface area (Å²) in [7, 11) is 4.04. The van der Waals surface area contributed by atoms with Crippen molar-refractivity contribution in [2.24, 2.45) is 7.05 Å². The van der Waals surface area contributed by atoms with E-state index in [1.807, 2.05) is 48.6 Å². The lowest BCUT2D eigenvalue weighted by Crippen LogP contribution is -2.47. The zero-order valence-corrected chi connectivity index (χ0v) is 15.9. The van der Waals surface area contributed by atoms with Crippen molar-refractivity contribution in [1.29, 1.82) is 0 Å². The van der Waals surface area contributed by atoms with Crippen LogP contribution >= 0.6 is 0 Å². The lowest BCUT2D eigenvalue weighted by molar-refractivity contribution is -0.132. The lowest BCUT2D eigenvalue weighted by atomic mass is 10.0. The van der Waals surface area contributed by atoms with Crippen LogP contribution < -0.4 is 4.74 Å². The molecule has 0 atom stereocenters. The van der Waals surface area contributed by atoms with Crippen molar-refractivity contribution in [3.05, 3.63) is 36.7 Å². The van der Waals surface area contributed by atoms with Crippen LogP contribution in [0.15, 0.2) is 36.7 Å². The molecule has 2 aromatic rings. The van der Waals surface area contributed by atoms with Crippen molar-refractivity contribution in [2.45, 2.75) is 25.8 Å². The summed E-state index contributed by atoms with van der Waals surface area (Å²) in [5.74, 6) is 0.950. The predicted octanol–water partition coefficient (Wildman–Crippen LogP) is 2.41. The molecule has 6 nitrogen and oxygen atoms in total. The van der Waals surface area contributed by atoms with Gasteiger partial charge in [-0.25, -0.2) is 0 Å². The minimum Gasteiger partial charge on any atom is -0.492 e. The Morgan fingerprint density at radius 2 is 2.04 bits per heavy atom. The molecule has 2 heterocycles. The predicted molar refractivity (Wildman–Crippen MR) is 102 cm³/mol. The highest BCUT2D eigenvalue weighted by atomic mass is 16.5. The largest absolute Gasteiger partial charge is 0.492 e. The number of aryl methyl sites for hydroxylation is 1. The van der Waals surface area contributed by atoms with Crippen molar-refractivity contribution in [1.82, 2.24) is 19.6 Å². The summed E-state index contributed by atoms with van der Waals surface area (Å²) < 4.78 is 7.72. The first-order valence-electron chi connectivity index (χ1n) is 9.20. The van der Waals surface area contributed by atoms with E-state index in [1.54, 1.807) is 11.6 Å². The van der Waals surface area contributed by atoms with Crippen LogP contribution in [-0.2, 0) is 11.8 Å². The fraction of sp³-hybridized carbons (Fsp3) is 0.500. The number of amides is 1. The van der Waals surface area contributed by atoms with Gasteiger partial charge in [-0.15, -0.1) is 0 Å². The molecular weight excluding hydrogens is 328 g/mol. The van der Waals surface area contributed by atoms with Gasteiger partial charge in [0.15, 0.2) is 0 Å². The maximum Gasteiger partial charge on any atom is 0.219 e. The number of ether oxygens (including phenoxy) is 1. The highest BCUT2D eigenvalue weighted by molar-refractivity contribution is 5.73. The highest BCUT2D eigenvalue weighted by Crippen LogP contribution is 2.23. The normalized spacial score (nSPS) is 15.8. The van der Waals surface area contributed by atoms with Gasteiger partial charge < -0.3 is 14.5 Å². The molecule has 1 aromatic heterocycles. The van der Waals surface area contributed by atoms with Crippen LogP contribution in [0.1, 0.15) is 19.8 Å². The molecule has 0 saturated carbocycles. The molecule has 0 aliphatic carbocycles. The monoisotopic (exact) mass is 356 g/mol. The van der Waals surface area contributed by atoms with Gasteiger partial charge in [-0.2, -0.15) is 5.10 Å². The molecule has 0 spiro atoms. The zero-order valence-electron chi connectivity index (χ0n) is 15.9. The van der Waals surface area contributed by atoms with Gasteiger partial charge in [-0.1, -0.05) is 12.1 Å². The number of nitrogens with zero attached hydrogens (tertiary/aromatic N) is 4. The Labute approximate surface area is 155 Å². The van der Waals surface area contributed by atoms with Gasteiger partial charge in [0.05, 0.1) is 12.7 Å². The van der Waals surface area contributed by atoms with Gasteiger partial charge in [-0.3, -0.25) is 9.48 Å². The SMILES string of the molecule is CC(=O)N(CCOc1cccc(-c2cnn(C)c2)c1)C1CCN(C)CC1. The maximum absolute atomic E-state index is 12.1. The first-order chi connectivity index (χ1) is 12.5. The van der Waals surface area contributed by atoms with E-state index in [1.165, 1.54) is 0 Å². The Morgan fingerprint density at radius 1 is 1.27 bits per heavy atom. The second-order valence-corrected chi connectivity index (χ2v) is 7.03. The summed E-state index contributed by atoms with van der Waals surface area (Å²) in [6.45, 7) is 4.87. The summed E-state index contributed by atoms with van der Waals surface area (Å²) in [4.78, 5) is 16.3. The molecule has 6 heteroatoms. The lowest BCUT2D eigenvalue weighted by Gasteiger charge is -2.36. The van der Waals surface area contributed by atoms with Gasteiger partial charge in [0.2, 0.25) is 5.91 Å². The standard InChI is InChI=1S/C20H28N4O2/c1-16(25)24(19-7-9-22(2)10-8-19)11-12-26-20-6-4-5-17(13-20)18-14-21-23(3)15-18/h4-6,13-15,19H,7-12H2,1-3H3. The number of rotatable bonds is 6. The van der Waals surface area contributed by atoms with Gasteiger partial charge in [0.25, 0.3) is 0 Å². The van der Waals surface area contributed by atoms with Crippen LogP contribution in [0.25, 0.3) is 11.1 Å². The summed E-state index contributed by atoms with van der Waals surface area (Å²) in [5, 5.41) is 4.21. The smallest absolute Gasteiger partial charge is 0.219 e. The molecule has 3 rings (SSSR count). The van der Waals surface area contributed by atoms with Crippen LogP contribution in [0, 0.1) is 0 Å². The highest BCUT2D eigenvalue weighted by Gasteiger charge is 2.24. The molecule has 1 saturated heterocycles. The molecule has 0 bridgehead atoms. The van der Waals surface area contributed by atoms with Gasteiger partial charge in [0, 0.05) is 31.8 Å². The Balaban J connectivity index is 1.57. The number of benzene rings is 1. The number of hydrogen-bond acceptors (Lipinski definition) is 4. The summed E-state index contributed by atoms with van der Waals surface area (Å²) >= 11 is 0. The summed E-state index contributed by atoms with van der Waals surface area (Å²) in [5.41, 5.74) is 2.14. The fourth-order valence-corrected chi connectivity index (χ4v) is 3.50. The quantitative estimate of drug-likeness (QED) is 0.798. The van der Waals surface area contributed by atoms with E-state index in [-0.39, 0.29) is 5.91 Å². The number of carbonyl (C=O) groups excluding carboxylic acids is 1. The van der Waals surface area contributed by atoms with E-state index in [0.717, 1.165) is 42.8 Å².